The van der Waals surface area contributed by atoms with Gasteiger partial charge in [-0.15, -0.1) is 0 Å². The Morgan fingerprint density at radius 2 is 1.16 bits per heavy atom. The van der Waals surface area contributed by atoms with Crippen LogP contribution in [0.15, 0.2) is 68.9 Å². The van der Waals surface area contributed by atoms with Crippen LogP contribution in [-0.2, 0) is 30.3 Å². The van der Waals surface area contributed by atoms with E-state index in [4.69, 9.17) is 20.7 Å². The normalized spacial score (nSPS) is 39.0. The average Bonchev–Trinajstić information content (AvgIpc) is 1.55. The van der Waals surface area contributed by atoms with E-state index in [0.717, 1.165) is 181 Å². The predicted octanol–water partition coefficient (Wildman–Crippen LogP) is 15.7. The summed E-state index contributed by atoms with van der Waals surface area (Å²) >= 11 is 2.17. The third kappa shape index (κ3) is 14.5. The van der Waals surface area contributed by atoms with Crippen molar-refractivity contribution in [3.8, 4) is 0 Å². The number of benzene rings is 1. The first kappa shape index (κ1) is 72.5. The molecule has 8 aliphatic carbocycles. The van der Waals surface area contributed by atoms with Crippen molar-refractivity contribution in [2.45, 2.75) is 296 Å². The topological polar surface area (TPSA) is 205 Å². The van der Waals surface area contributed by atoms with E-state index >= 15 is 0 Å². The number of Topliss-reactive ketones (excluding diaryl/α,β-unsaturated/α-hetero) is 2. The number of fused-ring (bicyclic) bond motifs is 12. The zero-order valence-electron chi connectivity index (χ0n) is 60.3. The summed E-state index contributed by atoms with van der Waals surface area (Å²) in [4.78, 5) is 46.4. The third-order valence-electron chi connectivity index (χ3n) is 28.4. The van der Waals surface area contributed by atoms with Gasteiger partial charge in [0.15, 0.2) is 10.8 Å². The van der Waals surface area contributed by atoms with Gasteiger partial charge in [0, 0.05) is 79.2 Å². The highest BCUT2D eigenvalue weighted by molar-refractivity contribution is 14.1. The van der Waals surface area contributed by atoms with E-state index in [1.165, 1.54) is 50.5 Å². The highest BCUT2D eigenvalue weighted by Gasteiger charge is 2.64. The molecule has 12 aliphatic rings. The molecule has 0 unspecified atom stereocenters. The summed E-state index contributed by atoms with van der Waals surface area (Å²) < 4.78 is 15.6. The highest BCUT2D eigenvalue weighted by atomic mass is 127. The van der Waals surface area contributed by atoms with Gasteiger partial charge in [0.25, 0.3) is 0 Å². The molecular formula is C81H123IN7O7+. The van der Waals surface area contributed by atoms with Crippen molar-refractivity contribution < 1.29 is 34.1 Å². The summed E-state index contributed by atoms with van der Waals surface area (Å²) in [6.07, 6.45) is 34.7. The number of piperidine rings is 2. The summed E-state index contributed by atoms with van der Waals surface area (Å²) in [7, 11) is 0. The number of carbonyl (C=O) groups is 3. The fraction of sp³-hybridized carbons (Fsp3) is 0.790. The van der Waals surface area contributed by atoms with Gasteiger partial charge >= 0.3 is 0 Å². The smallest absolute Gasteiger partial charge is 0.220 e. The standard InChI is InChI=1S/C45H64IN5O4.C36H58N2O3/c1-28-23-41-43(30(3)45(55-41)20-18-35-36-14-13-32-25-34(53)17-19-44(32,4)38(36)26-37(35)29(45)2)51(27-28)22-8-10-33(52)9-6-5-7-21-48-42(54)16-12-31-11-15-40(49-50-47)39(46)24-31;1-23-19-33-34(38(22-23)18-8-10-27(39)9-6-5-7-17-37)25(3)36(41-33)16-14-29-30-12-11-26-20-28(40)13-15-35(26,4)32(30)21-31(29)24(36)2/h11,13,15,24,28,30,34-36,38,41,43,47,53H,5-10,12,14,16-23,25-27H2,1-4H3;11,23,25,28-30,32-34,40H,5-10,12-22,37H2,1-4H3/p+1/t28-,30+,34-,35-,36-,38-,41+,43-,44-,45-;23-,25+,28-,29-,30-,32-,33+,34-,35-,36-/m00/s1. The highest BCUT2D eigenvalue weighted by Crippen LogP contribution is 2.68. The van der Waals surface area contributed by atoms with E-state index in [-0.39, 0.29) is 46.3 Å². The first-order chi connectivity index (χ1) is 46.1. The van der Waals surface area contributed by atoms with Crippen LogP contribution < -0.4 is 16.0 Å². The number of likely N-dealkylation sites (tertiary alicyclic amines) is 2. The Hall–Kier alpha value is -3.25. The largest absolute Gasteiger partial charge is 0.393 e. The van der Waals surface area contributed by atoms with E-state index in [0.29, 0.717) is 110 Å². The van der Waals surface area contributed by atoms with E-state index in [1.807, 2.05) is 18.2 Å². The van der Waals surface area contributed by atoms with Crippen molar-refractivity contribution in [1.29, 1.82) is 5.53 Å². The molecule has 530 valence electrons. The number of rotatable bonds is 23. The van der Waals surface area contributed by atoms with Gasteiger partial charge in [0.2, 0.25) is 10.8 Å². The Morgan fingerprint density at radius 1 is 0.667 bits per heavy atom. The number of aliphatic hydroxyl groups is 2. The zero-order chi connectivity index (χ0) is 67.8. The monoisotopic (exact) mass is 1430 g/mol. The third-order valence-corrected chi connectivity index (χ3v) is 29.3. The molecule has 6 N–H and O–H groups in total. The van der Waals surface area contributed by atoms with Gasteiger partial charge in [-0.3, -0.25) is 24.2 Å². The number of ether oxygens (including phenoxy) is 2. The molecule has 4 saturated heterocycles. The van der Waals surface area contributed by atoms with Crippen LogP contribution in [0.4, 0.5) is 5.69 Å². The Bertz CT molecular complexity index is 3170. The maximum Gasteiger partial charge on any atom is 0.220 e. The van der Waals surface area contributed by atoms with Crippen molar-refractivity contribution in [3.63, 3.8) is 0 Å². The molecule has 0 bridgehead atoms. The lowest BCUT2D eigenvalue weighted by atomic mass is 9.56. The molecule has 1 aromatic rings. The molecule has 4 saturated carbocycles. The number of hydrogen-bond acceptors (Lipinski definition) is 12. The van der Waals surface area contributed by atoms with Crippen molar-refractivity contribution in [1.82, 2.24) is 20.0 Å². The minimum Gasteiger partial charge on any atom is -0.393 e. The number of nitrogens with zero attached hydrogens (tertiary/aromatic N) is 4. The van der Waals surface area contributed by atoms with Gasteiger partial charge in [-0.1, -0.05) is 94.9 Å². The molecule has 4 heterocycles. The van der Waals surface area contributed by atoms with Crippen molar-refractivity contribution >= 4 is 45.8 Å². The van der Waals surface area contributed by atoms with Gasteiger partial charge < -0.3 is 30.7 Å². The lowest BCUT2D eigenvalue weighted by molar-refractivity contribution is -0.121. The molecule has 96 heavy (non-hydrogen) atoms. The van der Waals surface area contributed by atoms with Crippen LogP contribution >= 0.6 is 22.6 Å². The molecule has 0 aromatic heterocycles. The Balaban J connectivity index is 0.000000191. The molecular weight excluding hydrogens is 1310 g/mol. The van der Waals surface area contributed by atoms with Gasteiger partial charge in [-0.05, 0) is 291 Å². The average molecular weight is 1430 g/mol. The number of carbonyl (C=O) groups excluding carboxylic acids is 3. The predicted molar refractivity (Wildman–Crippen MR) is 389 cm³/mol. The number of nitrogens with two attached hydrogens (primary N) is 1. The molecule has 2 spiro atoms. The van der Waals surface area contributed by atoms with Gasteiger partial charge in [-0.2, -0.15) is 0 Å². The molecule has 14 nitrogen and oxygen atoms in total. The van der Waals surface area contributed by atoms with Crippen molar-refractivity contribution in [2.75, 3.05) is 39.3 Å². The molecule has 13 rings (SSSR count). The van der Waals surface area contributed by atoms with Crippen LogP contribution in [-0.4, -0.2) is 124 Å². The minimum atomic E-state index is -0.159. The fourth-order valence-corrected chi connectivity index (χ4v) is 24.0. The van der Waals surface area contributed by atoms with Crippen LogP contribution in [0.5, 0.6) is 0 Å². The molecule has 1 aromatic carbocycles. The zero-order valence-corrected chi connectivity index (χ0v) is 62.4. The maximum atomic E-state index is 13.0. The maximum absolute atomic E-state index is 13.0. The molecule has 15 heteroatoms. The van der Waals surface area contributed by atoms with Crippen LogP contribution in [0.1, 0.15) is 247 Å². The van der Waals surface area contributed by atoms with Crippen LogP contribution in [0, 0.1) is 79.1 Å². The molecule has 8 fully saturated rings. The van der Waals surface area contributed by atoms with E-state index in [1.54, 1.807) is 27.9 Å². The second-order valence-corrected chi connectivity index (χ2v) is 35.1. The van der Waals surface area contributed by atoms with Crippen molar-refractivity contribution in [3.05, 3.63) is 72.9 Å². The summed E-state index contributed by atoms with van der Waals surface area (Å²) in [5, 5.41) is 27.7. The summed E-state index contributed by atoms with van der Waals surface area (Å²) in [6.45, 7) is 25.3. The number of amides is 1. The fourth-order valence-electron chi connectivity index (χ4n) is 23.3. The molecule has 0 radical (unpaired) electrons. The lowest BCUT2D eigenvalue weighted by Crippen LogP contribution is -2.52. The number of hydrogen-bond donors (Lipinski definition) is 5. The summed E-state index contributed by atoms with van der Waals surface area (Å²) in [5.74, 6) is 7.33. The number of aryl methyl sites for hydroxylation is 1. The number of ketones is 2. The first-order valence-corrected chi connectivity index (χ1v) is 40.0. The second-order valence-electron chi connectivity index (χ2n) is 33.9. The van der Waals surface area contributed by atoms with Crippen molar-refractivity contribution in [2.24, 2.45) is 80.9 Å². The van der Waals surface area contributed by atoms with Gasteiger partial charge in [-0.25, -0.2) is 0 Å². The van der Waals surface area contributed by atoms with E-state index in [2.05, 4.69) is 115 Å². The van der Waals surface area contributed by atoms with Gasteiger partial charge in [0.1, 0.15) is 17.1 Å². The Labute approximate surface area is 590 Å². The molecule has 1 amide bonds. The number of allylic oxidation sites excluding steroid dienone is 4. The van der Waals surface area contributed by atoms with E-state index < -0.39 is 0 Å². The quantitative estimate of drug-likeness (QED) is 0.0230. The Morgan fingerprint density at radius 3 is 1.64 bits per heavy atom. The Kier molecular flexibility index (Phi) is 23.2. The number of halogens is 1. The summed E-state index contributed by atoms with van der Waals surface area (Å²) in [6, 6.07) is 6.63. The van der Waals surface area contributed by atoms with E-state index in [9.17, 15) is 24.6 Å². The second kappa shape index (κ2) is 30.8. The minimum absolute atomic E-state index is 0.0471. The first-order valence-electron chi connectivity index (χ1n) is 39.0. The SMILES string of the molecule is CC1=C2C[C@H]3[C@@H](CC=C4C[C@@H](O)CC[C@@]43C)[C@@H]2CC[C@]12O[C@@H]1C[C@H](C)CN(CCCC(=O)CCCCCN)[C@H]1[C@H]2C.CC1=C2C[C@H]3[C@@H](CC=C4C[C@@H](O)CC[C@@]43C)[C@@H]2CC[C@]12O[C@@H]1C[C@H](C)CN(CCCC(=O)CCCCCNC(=O)CCc3ccc(N=[N+]=N)c(I)c3)[C@H]1[C@H]2C. The summed E-state index contributed by atoms with van der Waals surface area (Å²) in [5.41, 5.74) is 24.2. The van der Waals surface area contributed by atoms with Crippen LogP contribution in [0.2, 0.25) is 0 Å². The number of aliphatic hydroxyl groups excluding tert-OH is 2. The van der Waals surface area contributed by atoms with Crippen LogP contribution in [0.3, 0.4) is 0 Å². The van der Waals surface area contributed by atoms with Crippen LogP contribution in [0.25, 0.3) is 0 Å². The number of nitrogens with one attached hydrogen (secondary N) is 2. The lowest BCUT2D eigenvalue weighted by Gasteiger charge is -2.49. The number of unbranched alkanes of at least 4 members (excludes halogenated alkanes) is 4. The van der Waals surface area contributed by atoms with Gasteiger partial charge in [0.05, 0.1) is 35.6 Å². The molecule has 4 aliphatic heterocycles. The molecule has 20 atom stereocenters.